The van der Waals surface area contributed by atoms with Gasteiger partial charge in [-0.2, -0.15) is 0 Å². The van der Waals surface area contributed by atoms with Gasteiger partial charge in [0.15, 0.2) is 0 Å². The first-order chi connectivity index (χ1) is 9.88. The van der Waals surface area contributed by atoms with Gasteiger partial charge in [0.25, 0.3) is 0 Å². The Labute approximate surface area is 141 Å². The van der Waals surface area contributed by atoms with E-state index >= 15 is 0 Å². The fraction of sp³-hybridized carbons (Fsp3) is 0.250. The van der Waals surface area contributed by atoms with Gasteiger partial charge in [-0.05, 0) is 28.1 Å². The molecule has 0 aliphatic carbocycles. The number of thioether (sulfide) groups is 1. The largest absolute Gasteiger partial charge is 0.478 e. The lowest BCUT2D eigenvalue weighted by molar-refractivity contribution is -0.130. The van der Waals surface area contributed by atoms with Crippen LogP contribution in [0.2, 0.25) is 0 Å². The Hall–Kier alpha value is -1.06. The molecule has 0 atom stereocenters. The monoisotopic (exact) mass is 436 g/mol. The molecule has 1 fully saturated rings. The Balaban J connectivity index is 2.17. The van der Waals surface area contributed by atoms with Crippen LogP contribution in [0.5, 0.6) is 0 Å². The summed E-state index contributed by atoms with van der Waals surface area (Å²) in [6.07, 6.45) is 0. The minimum absolute atomic E-state index is 0.0354. The summed E-state index contributed by atoms with van der Waals surface area (Å²) in [6.45, 7) is -0.0899. The Bertz CT molecular complexity index is 624. The summed E-state index contributed by atoms with van der Waals surface area (Å²) >= 11 is 7.86. The number of anilines is 1. The number of carboxylic acid groups (broad SMARTS) is 1. The van der Waals surface area contributed by atoms with Gasteiger partial charge < -0.3 is 15.3 Å². The van der Waals surface area contributed by atoms with Gasteiger partial charge in [-0.1, -0.05) is 15.9 Å². The molecule has 1 aliphatic heterocycles. The molecule has 6 nitrogen and oxygen atoms in total. The molecule has 21 heavy (non-hydrogen) atoms. The average Bonchev–Trinajstić information content (AvgIpc) is 2.77. The zero-order chi connectivity index (χ0) is 15.6. The molecule has 2 rings (SSSR count). The summed E-state index contributed by atoms with van der Waals surface area (Å²) in [7, 11) is 0. The second-order valence-corrected chi connectivity index (χ2v) is 6.96. The number of nitrogens with zero attached hydrogens (tertiary/aromatic N) is 1. The number of amides is 2. The maximum Gasteiger partial charge on any atom is 0.337 e. The smallest absolute Gasteiger partial charge is 0.337 e. The van der Waals surface area contributed by atoms with Gasteiger partial charge in [0.05, 0.1) is 22.9 Å². The molecule has 9 heteroatoms. The van der Waals surface area contributed by atoms with Crippen molar-refractivity contribution >= 4 is 67.1 Å². The second kappa shape index (κ2) is 6.80. The van der Waals surface area contributed by atoms with E-state index in [9.17, 15) is 19.5 Å². The zero-order valence-corrected chi connectivity index (χ0v) is 14.5. The van der Waals surface area contributed by atoms with E-state index in [2.05, 4.69) is 37.2 Å². The fourth-order valence-electron chi connectivity index (χ4n) is 1.76. The summed E-state index contributed by atoms with van der Waals surface area (Å²) in [6, 6.07) is 3.04. The topological polar surface area (TPSA) is 86.7 Å². The van der Waals surface area contributed by atoms with Crippen molar-refractivity contribution < 1.29 is 19.5 Å². The molecule has 2 N–H and O–H groups in total. The highest BCUT2D eigenvalue weighted by molar-refractivity contribution is 9.11. The van der Waals surface area contributed by atoms with Gasteiger partial charge in [0.1, 0.15) is 6.54 Å². The number of hydrogen-bond acceptors (Lipinski definition) is 4. The van der Waals surface area contributed by atoms with E-state index in [0.29, 0.717) is 20.6 Å². The Morgan fingerprint density at radius 1 is 1.38 bits per heavy atom. The van der Waals surface area contributed by atoms with E-state index in [-0.39, 0.29) is 23.7 Å². The van der Waals surface area contributed by atoms with Crippen LogP contribution in [0.4, 0.5) is 5.69 Å². The maximum atomic E-state index is 12.0. The van der Waals surface area contributed by atoms with Gasteiger partial charge in [-0.15, -0.1) is 11.8 Å². The van der Waals surface area contributed by atoms with Crippen LogP contribution in [0.25, 0.3) is 0 Å². The van der Waals surface area contributed by atoms with Gasteiger partial charge in [-0.25, -0.2) is 4.79 Å². The highest BCUT2D eigenvalue weighted by Crippen LogP contribution is 2.31. The number of nitrogens with one attached hydrogen (secondary N) is 1. The summed E-state index contributed by atoms with van der Waals surface area (Å²) in [5.74, 6) is -0.838. The zero-order valence-electron chi connectivity index (χ0n) is 10.6. The van der Waals surface area contributed by atoms with Gasteiger partial charge in [0.2, 0.25) is 11.8 Å². The maximum absolute atomic E-state index is 12.0. The van der Waals surface area contributed by atoms with E-state index in [0.717, 1.165) is 0 Å². The van der Waals surface area contributed by atoms with Crippen LogP contribution in [-0.2, 0) is 9.59 Å². The minimum atomic E-state index is -1.15. The van der Waals surface area contributed by atoms with Crippen LogP contribution < -0.4 is 5.32 Å². The molecule has 1 aliphatic rings. The SMILES string of the molecule is O=C(CN1CSCC1=O)Nc1c(Br)cc(Br)cc1C(=O)O. The quantitative estimate of drug-likeness (QED) is 0.755. The number of hydrogen-bond donors (Lipinski definition) is 2. The lowest BCUT2D eigenvalue weighted by atomic mass is 10.2. The molecule has 0 bridgehead atoms. The van der Waals surface area contributed by atoms with Crippen LogP contribution >= 0.6 is 43.6 Å². The third-order valence-corrected chi connectivity index (χ3v) is 4.74. The number of carbonyl (C=O) groups excluding carboxylic acids is 2. The number of carbonyl (C=O) groups is 3. The van der Waals surface area contributed by atoms with E-state index in [1.807, 2.05) is 0 Å². The molecule has 2 amide bonds. The molecule has 0 aromatic heterocycles. The molecule has 112 valence electrons. The summed E-state index contributed by atoms with van der Waals surface area (Å²) in [4.78, 5) is 36.1. The van der Waals surface area contributed by atoms with Gasteiger partial charge >= 0.3 is 5.97 Å². The van der Waals surface area contributed by atoms with Crippen LogP contribution in [-0.4, -0.2) is 46.0 Å². The molecule has 1 aromatic rings. The van der Waals surface area contributed by atoms with E-state index in [4.69, 9.17) is 0 Å². The van der Waals surface area contributed by atoms with E-state index < -0.39 is 11.9 Å². The molecule has 1 saturated heterocycles. The van der Waals surface area contributed by atoms with Crippen molar-refractivity contribution in [1.29, 1.82) is 0 Å². The molecule has 1 aromatic carbocycles. The van der Waals surface area contributed by atoms with Crippen LogP contribution in [0.1, 0.15) is 10.4 Å². The first kappa shape index (κ1) is 16.3. The predicted octanol–water partition coefficient (Wildman–Crippen LogP) is 2.38. The van der Waals surface area contributed by atoms with E-state index in [1.54, 1.807) is 6.07 Å². The highest BCUT2D eigenvalue weighted by atomic mass is 79.9. The van der Waals surface area contributed by atoms with E-state index in [1.165, 1.54) is 22.7 Å². The summed E-state index contributed by atoms with van der Waals surface area (Å²) < 4.78 is 1.03. The molecular formula is C12H10Br2N2O4S. The number of halogens is 2. The lowest BCUT2D eigenvalue weighted by Gasteiger charge is -2.16. The van der Waals surface area contributed by atoms with Gasteiger partial charge in [-0.3, -0.25) is 9.59 Å². The third-order valence-electron chi connectivity index (χ3n) is 2.71. The number of carboxylic acids is 1. The minimum Gasteiger partial charge on any atom is -0.478 e. The van der Waals surface area contributed by atoms with Crippen molar-refractivity contribution in [3.05, 3.63) is 26.6 Å². The lowest BCUT2D eigenvalue weighted by Crippen LogP contribution is -2.34. The molecular weight excluding hydrogens is 428 g/mol. The number of rotatable bonds is 4. The first-order valence-corrected chi connectivity index (χ1v) is 8.50. The van der Waals surface area contributed by atoms with Crippen molar-refractivity contribution in [3.63, 3.8) is 0 Å². The summed E-state index contributed by atoms with van der Waals surface area (Å²) in [5, 5.41) is 11.7. The number of aromatic carboxylic acids is 1. The van der Waals surface area contributed by atoms with Crippen molar-refractivity contribution in [2.45, 2.75) is 0 Å². The Kier molecular flexibility index (Phi) is 5.28. The van der Waals surface area contributed by atoms with Crippen LogP contribution in [0.3, 0.4) is 0 Å². The summed E-state index contributed by atoms with van der Waals surface area (Å²) in [5.41, 5.74) is 0.140. The molecule has 0 unspecified atom stereocenters. The third kappa shape index (κ3) is 3.98. The Morgan fingerprint density at radius 3 is 2.67 bits per heavy atom. The van der Waals surface area contributed by atoms with Crippen LogP contribution in [0, 0.1) is 0 Å². The standard InChI is InChI=1S/C12H10Br2N2O4S/c13-6-1-7(12(19)20)11(8(14)2-6)15-9(17)3-16-5-21-4-10(16)18/h1-2H,3-5H2,(H,15,17)(H,19,20). The molecule has 1 heterocycles. The van der Waals surface area contributed by atoms with Gasteiger partial charge in [0, 0.05) is 8.95 Å². The van der Waals surface area contributed by atoms with Crippen molar-refractivity contribution in [2.24, 2.45) is 0 Å². The van der Waals surface area contributed by atoms with Crippen molar-refractivity contribution in [3.8, 4) is 0 Å². The van der Waals surface area contributed by atoms with Crippen LogP contribution in [0.15, 0.2) is 21.1 Å². The highest BCUT2D eigenvalue weighted by Gasteiger charge is 2.24. The normalized spacial score (nSPS) is 14.4. The fourth-order valence-corrected chi connectivity index (χ4v) is 3.99. The second-order valence-electron chi connectivity index (χ2n) is 4.23. The van der Waals surface area contributed by atoms with Crippen molar-refractivity contribution in [1.82, 2.24) is 4.90 Å². The molecule has 0 saturated carbocycles. The first-order valence-electron chi connectivity index (χ1n) is 5.76. The molecule has 0 radical (unpaired) electrons. The number of benzene rings is 1. The predicted molar refractivity (Wildman–Crippen MR) is 86.5 cm³/mol. The molecule has 0 spiro atoms. The average molecular weight is 438 g/mol. The Morgan fingerprint density at radius 2 is 2.10 bits per heavy atom. The van der Waals surface area contributed by atoms with Crippen molar-refractivity contribution in [2.75, 3.05) is 23.5 Å².